The second kappa shape index (κ2) is 20.4. The van der Waals surface area contributed by atoms with Gasteiger partial charge in [-0.25, -0.2) is 9.38 Å². The van der Waals surface area contributed by atoms with Gasteiger partial charge >= 0.3 is 5.97 Å². The molecule has 13 heteroatoms. The fraction of sp³-hybridized carbons (Fsp3) is 0.300. The summed E-state index contributed by atoms with van der Waals surface area (Å²) in [7, 11) is 2.18. The van der Waals surface area contributed by atoms with E-state index >= 15 is 0 Å². The molecule has 4 heterocycles. The Hall–Kier alpha value is -6.12. The number of hydrogen-bond donors (Lipinski definition) is 5. The van der Waals surface area contributed by atoms with Crippen LogP contribution in [0.3, 0.4) is 0 Å². The molecule has 0 unspecified atom stereocenters. The van der Waals surface area contributed by atoms with Gasteiger partial charge in [-0.05, 0) is 98.5 Å². The van der Waals surface area contributed by atoms with Crippen LogP contribution >= 0.6 is 11.3 Å². The average molecular weight is 871 g/mol. The van der Waals surface area contributed by atoms with Crippen LogP contribution in [0.25, 0.3) is 22.4 Å². The molecular formula is C50H55FN6O5S. The quantitative estimate of drug-likeness (QED) is 0.0819. The lowest BCUT2D eigenvalue weighted by Crippen LogP contribution is -2.47. The average Bonchev–Trinajstić information content (AvgIpc) is 3.76. The van der Waals surface area contributed by atoms with Crippen molar-refractivity contribution in [2.45, 2.75) is 64.7 Å². The first-order valence-corrected chi connectivity index (χ1v) is 22.2. The second-order valence-electron chi connectivity index (χ2n) is 16.4. The van der Waals surface area contributed by atoms with Crippen molar-refractivity contribution in [1.82, 2.24) is 14.4 Å². The van der Waals surface area contributed by atoms with E-state index in [1.807, 2.05) is 79.1 Å². The number of nitrogens with zero attached hydrogens (tertiary/aromatic N) is 4. The molecule has 63 heavy (non-hydrogen) atoms. The number of amidine groups is 1. The molecule has 1 fully saturated rings. The highest BCUT2D eigenvalue weighted by Crippen LogP contribution is 2.43. The molecule has 0 radical (unpaired) electrons. The first-order chi connectivity index (χ1) is 30.4. The van der Waals surface area contributed by atoms with Crippen LogP contribution in [0.5, 0.6) is 0 Å². The summed E-state index contributed by atoms with van der Waals surface area (Å²) in [6.45, 7) is 10.7. The number of nitrogens with one attached hydrogen (secondary N) is 2. The predicted octanol–water partition coefficient (Wildman–Crippen LogP) is 9.75. The number of aromatic nitrogens is 1. The van der Waals surface area contributed by atoms with Gasteiger partial charge in [-0.2, -0.15) is 0 Å². The maximum atomic E-state index is 14.0. The minimum Gasteiger partial charge on any atom is -0.481 e. The van der Waals surface area contributed by atoms with Crippen LogP contribution in [-0.2, 0) is 11.3 Å². The SMILES string of the molecule is CC(C)c1c(C(=O)Nc2ccccc2)c(-c2ccccc2)c(-c2ccc(F)cc2)n1CC[C@@H](O)C[C@@H](O)CC(=O)O.Cc1cc2c(s1)Nc1ccccc1N=C2N1CCN(C)CC1. The zero-order valence-electron chi connectivity index (χ0n) is 36.1. The number of anilines is 3. The molecule has 6 aromatic rings. The molecule has 1 saturated heterocycles. The smallest absolute Gasteiger partial charge is 0.305 e. The molecule has 0 spiro atoms. The number of para-hydroxylation sites is 3. The Labute approximate surface area is 372 Å². The highest BCUT2D eigenvalue weighted by atomic mass is 32.1. The highest BCUT2D eigenvalue weighted by Gasteiger charge is 2.31. The van der Waals surface area contributed by atoms with Crippen molar-refractivity contribution < 1.29 is 29.3 Å². The van der Waals surface area contributed by atoms with E-state index in [0.29, 0.717) is 28.1 Å². The number of aliphatic hydroxyl groups is 2. The number of carbonyl (C=O) groups excluding carboxylic acids is 1. The van der Waals surface area contributed by atoms with Crippen molar-refractivity contribution in [2.75, 3.05) is 43.9 Å². The minimum atomic E-state index is -1.18. The second-order valence-corrected chi connectivity index (χ2v) is 17.6. The van der Waals surface area contributed by atoms with Crippen molar-refractivity contribution in [3.8, 4) is 22.4 Å². The molecule has 328 valence electrons. The van der Waals surface area contributed by atoms with Crippen LogP contribution in [0.4, 0.5) is 26.5 Å². The Morgan fingerprint density at radius 3 is 2.17 bits per heavy atom. The Kier molecular flexibility index (Phi) is 14.5. The molecule has 5 N–H and O–H groups in total. The van der Waals surface area contributed by atoms with Crippen molar-refractivity contribution in [3.63, 3.8) is 0 Å². The third kappa shape index (κ3) is 10.9. The Morgan fingerprint density at radius 1 is 0.857 bits per heavy atom. The summed E-state index contributed by atoms with van der Waals surface area (Å²) in [5.41, 5.74) is 8.13. The van der Waals surface area contributed by atoms with Gasteiger partial charge in [0, 0.05) is 54.5 Å². The molecule has 11 nitrogen and oxygen atoms in total. The number of carboxylic acid groups (broad SMARTS) is 1. The van der Waals surface area contributed by atoms with Gasteiger partial charge in [0.15, 0.2) is 0 Å². The number of benzene rings is 4. The summed E-state index contributed by atoms with van der Waals surface area (Å²) in [4.78, 5) is 36.2. The lowest BCUT2D eigenvalue weighted by Gasteiger charge is -2.34. The number of likely N-dealkylation sites (N-methyl/N-ethyl adjacent to an activating group) is 1. The molecule has 2 atom stereocenters. The van der Waals surface area contributed by atoms with E-state index in [4.69, 9.17) is 10.1 Å². The number of rotatable bonds is 12. The number of aryl methyl sites for hydroxylation is 1. The lowest BCUT2D eigenvalue weighted by atomic mass is 9.94. The van der Waals surface area contributed by atoms with Gasteiger partial charge in [0.2, 0.25) is 0 Å². The zero-order valence-corrected chi connectivity index (χ0v) is 36.9. The summed E-state index contributed by atoms with van der Waals surface area (Å²) in [5.74, 6) is -0.819. The van der Waals surface area contributed by atoms with Crippen molar-refractivity contribution in [3.05, 3.63) is 143 Å². The Morgan fingerprint density at radius 2 is 1.51 bits per heavy atom. The van der Waals surface area contributed by atoms with Crippen molar-refractivity contribution in [1.29, 1.82) is 0 Å². The molecular weight excluding hydrogens is 816 g/mol. The number of aliphatic hydroxyl groups excluding tert-OH is 2. The summed E-state index contributed by atoms with van der Waals surface area (Å²) in [6, 6.07) is 35.3. The van der Waals surface area contributed by atoms with E-state index in [2.05, 4.69) is 64.7 Å². The first kappa shape index (κ1) is 44.9. The Bertz CT molecular complexity index is 2530. The van der Waals surface area contributed by atoms with E-state index in [9.17, 15) is 24.2 Å². The fourth-order valence-electron chi connectivity index (χ4n) is 8.21. The normalized spacial score (nSPS) is 14.6. The highest BCUT2D eigenvalue weighted by molar-refractivity contribution is 7.16. The van der Waals surface area contributed by atoms with Crippen LogP contribution in [0, 0.1) is 12.7 Å². The van der Waals surface area contributed by atoms with E-state index in [-0.39, 0.29) is 37.0 Å². The fourth-order valence-corrected chi connectivity index (χ4v) is 9.13. The summed E-state index contributed by atoms with van der Waals surface area (Å²) >= 11 is 1.81. The maximum absolute atomic E-state index is 14.0. The zero-order chi connectivity index (χ0) is 44.6. The van der Waals surface area contributed by atoms with E-state index < -0.39 is 24.6 Å². The molecule has 2 aliphatic heterocycles. The molecule has 4 aromatic carbocycles. The van der Waals surface area contributed by atoms with Gasteiger partial charge in [0.25, 0.3) is 5.91 Å². The lowest BCUT2D eigenvalue weighted by molar-refractivity contribution is -0.139. The van der Waals surface area contributed by atoms with E-state index in [1.165, 1.54) is 27.6 Å². The summed E-state index contributed by atoms with van der Waals surface area (Å²) in [5, 5.41) is 37.6. The van der Waals surface area contributed by atoms with Crippen LogP contribution in [0.2, 0.25) is 0 Å². The molecule has 0 saturated carbocycles. The standard InChI is InChI=1S/C33H35FN2O5.C17H20N4S/c1-21(2)31-30(33(41)35-25-11-7-4-8-12-25)29(22-9-5-3-6-10-22)32(23-13-15-24(34)16-14-23)36(31)18-17-26(37)19-27(38)20-28(39)40;1-12-11-13-16(21-9-7-20(2)8-10-21)18-14-5-3-4-6-15(14)19-17(13)22-12/h3-16,21,26-27,37-38H,17-20H2,1-2H3,(H,35,41)(H,39,40);3-6,11,19H,7-10H2,1-2H3/t26-,27-;/m1./s1. The van der Waals surface area contributed by atoms with Gasteiger partial charge in [0.05, 0.1) is 46.8 Å². The molecule has 8 rings (SSSR count). The van der Waals surface area contributed by atoms with Crippen molar-refractivity contribution >= 4 is 51.1 Å². The number of halogens is 1. The van der Waals surface area contributed by atoms with Crippen LogP contribution in [-0.4, -0.2) is 92.8 Å². The van der Waals surface area contributed by atoms with Gasteiger partial charge in [-0.15, -0.1) is 11.3 Å². The Balaban J connectivity index is 0.000000225. The molecule has 1 amide bonds. The number of fused-ring (bicyclic) bond motifs is 2. The number of aliphatic carboxylic acids is 1. The number of aliphatic imine (C=N–C) groups is 1. The number of amides is 1. The largest absolute Gasteiger partial charge is 0.481 e. The number of piperazine rings is 1. The van der Waals surface area contributed by atoms with E-state index in [0.717, 1.165) is 54.6 Å². The van der Waals surface area contributed by atoms with Gasteiger partial charge in [0.1, 0.15) is 16.7 Å². The number of carbonyl (C=O) groups is 2. The third-order valence-corrected chi connectivity index (χ3v) is 12.2. The van der Waals surface area contributed by atoms with Crippen LogP contribution in [0.15, 0.2) is 120 Å². The molecule has 2 aromatic heterocycles. The molecule has 0 aliphatic carbocycles. The third-order valence-electron chi connectivity index (χ3n) is 11.2. The van der Waals surface area contributed by atoms with Crippen LogP contribution in [0.1, 0.15) is 65.5 Å². The number of hydrogen-bond acceptors (Lipinski definition) is 9. The predicted molar refractivity (Wildman–Crippen MR) is 251 cm³/mol. The van der Waals surface area contributed by atoms with Gasteiger partial charge in [-0.3, -0.25) is 9.59 Å². The molecule has 0 bridgehead atoms. The minimum absolute atomic E-state index is 0.0939. The van der Waals surface area contributed by atoms with Gasteiger partial charge < -0.3 is 40.3 Å². The van der Waals surface area contributed by atoms with E-state index in [1.54, 1.807) is 23.5 Å². The number of carboxylic acids is 1. The maximum Gasteiger partial charge on any atom is 0.305 e. The van der Waals surface area contributed by atoms with Crippen molar-refractivity contribution in [2.24, 2.45) is 4.99 Å². The first-order valence-electron chi connectivity index (χ1n) is 21.4. The summed E-state index contributed by atoms with van der Waals surface area (Å²) < 4.78 is 16.0. The van der Waals surface area contributed by atoms with Gasteiger partial charge in [-0.1, -0.05) is 74.5 Å². The topological polar surface area (TPSA) is 143 Å². The summed E-state index contributed by atoms with van der Waals surface area (Å²) in [6.07, 6.45) is -2.51. The van der Waals surface area contributed by atoms with Crippen LogP contribution < -0.4 is 10.6 Å². The number of thiophene rings is 1. The monoisotopic (exact) mass is 870 g/mol. The molecule has 2 aliphatic rings.